The van der Waals surface area contributed by atoms with Gasteiger partial charge in [-0.25, -0.2) is 4.79 Å². The first-order chi connectivity index (χ1) is 13.2. The van der Waals surface area contributed by atoms with Gasteiger partial charge < -0.3 is 14.4 Å². The number of thioether (sulfide) groups is 1. The number of esters is 1. The lowest BCUT2D eigenvalue weighted by Gasteiger charge is -2.28. The monoisotopic (exact) mass is 386 g/mol. The molecule has 2 aliphatic rings. The molecule has 27 heavy (non-hydrogen) atoms. The summed E-state index contributed by atoms with van der Waals surface area (Å²) in [5, 5.41) is 2.15. The molecule has 0 aliphatic carbocycles. The maximum Gasteiger partial charge on any atom is 0.331 e. The van der Waals surface area contributed by atoms with E-state index >= 15 is 0 Å². The molecule has 2 aromatic rings. The van der Waals surface area contributed by atoms with Crippen LogP contribution in [0.25, 0.3) is 10.8 Å². The number of rotatable bonds is 5. The highest BCUT2D eigenvalue weighted by molar-refractivity contribution is 8.13. The van der Waals surface area contributed by atoms with Crippen molar-refractivity contribution in [1.82, 2.24) is 9.80 Å². The number of nitrogens with zero attached hydrogens (tertiary/aromatic N) is 2. The molecule has 1 amide bonds. The van der Waals surface area contributed by atoms with E-state index in [1.807, 2.05) is 24.3 Å². The Morgan fingerprint density at radius 3 is 2.70 bits per heavy atom. The Kier molecular flexibility index (Phi) is 5.61. The molecule has 2 fully saturated rings. The average Bonchev–Trinajstić information content (AvgIpc) is 3.09. The summed E-state index contributed by atoms with van der Waals surface area (Å²) >= 11 is 1.24. The SMILES string of the molecule is O=C(CN1CCSC1=O)Oc1ccc2ccccc2c1CN1CCOCC1. The average molecular weight is 386 g/mol. The van der Waals surface area contributed by atoms with Gasteiger partial charge in [-0.2, -0.15) is 0 Å². The van der Waals surface area contributed by atoms with Crippen LogP contribution >= 0.6 is 11.8 Å². The van der Waals surface area contributed by atoms with E-state index in [-0.39, 0.29) is 11.8 Å². The normalized spacial score (nSPS) is 18.2. The van der Waals surface area contributed by atoms with E-state index in [2.05, 4.69) is 17.0 Å². The van der Waals surface area contributed by atoms with Crippen LogP contribution in [0.5, 0.6) is 5.75 Å². The van der Waals surface area contributed by atoms with E-state index in [0.717, 1.165) is 35.2 Å². The van der Waals surface area contributed by atoms with Crippen molar-refractivity contribution in [3.63, 3.8) is 0 Å². The van der Waals surface area contributed by atoms with Crippen molar-refractivity contribution in [2.24, 2.45) is 0 Å². The number of carbonyl (C=O) groups excluding carboxylic acids is 2. The van der Waals surface area contributed by atoms with Crippen LogP contribution in [0.4, 0.5) is 4.79 Å². The van der Waals surface area contributed by atoms with Crippen LogP contribution in [-0.4, -0.2) is 66.2 Å². The van der Waals surface area contributed by atoms with Gasteiger partial charge in [0.2, 0.25) is 0 Å². The summed E-state index contributed by atoms with van der Waals surface area (Å²) in [6.45, 7) is 4.44. The quantitative estimate of drug-likeness (QED) is 0.582. The second-order valence-electron chi connectivity index (χ2n) is 6.66. The number of benzene rings is 2. The van der Waals surface area contributed by atoms with Crippen LogP contribution in [0.1, 0.15) is 5.56 Å². The Balaban J connectivity index is 1.57. The molecule has 0 saturated carbocycles. The zero-order chi connectivity index (χ0) is 18.6. The Morgan fingerprint density at radius 2 is 1.93 bits per heavy atom. The molecule has 6 nitrogen and oxygen atoms in total. The third-order valence-electron chi connectivity index (χ3n) is 4.87. The van der Waals surface area contributed by atoms with Crippen molar-refractivity contribution in [3.8, 4) is 5.75 Å². The summed E-state index contributed by atoms with van der Waals surface area (Å²) in [5.74, 6) is 0.901. The molecule has 0 spiro atoms. The van der Waals surface area contributed by atoms with E-state index in [4.69, 9.17) is 9.47 Å². The third-order valence-corrected chi connectivity index (χ3v) is 5.76. The molecule has 0 radical (unpaired) electrons. The lowest BCUT2D eigenvalue weighted by atomic mass is 10.0. The molecule has 2 saturated heterocycles. The first kappa shape index (κ1) is 18.3. The minimum absolute atomic E-state index is 0.00431. The van der Waals surface area contributed by atoms with E-state index in [0.29, 0.717) is 32.1 Å². The first-order valence-electron chi connectivity index (χ1n) is 9.14. The molecule has 0 N–H and O–H groups in total. The van der Waals surface area contributed by atoms with Crippen molar-refractivity contribution in [2.75, 3.05) is 45.1 Å². The number of amides is 1. The van der Waals surface area contributed by atoms with Crippen molar-refractivity contribution in [3.05, 3.63) is 42.0 Å². The van der Waals surface area contributed by atoms with Gasteiger partial charge in [0.1, 0.15) is 12.3 Å². The van der Waals surface area contributed by atoms with Crippen molar-refractivity contribution in [1.29, 1.82) is 0 Å². The van der Waals surface area contributed by atoms with Crippen molar-refractivity contribution >= 4 is 33.7 Å². The van der Waals surface area contributed by atoms with E-state index in [1.54, 1.807) is 0 Å². The van der Waals surface area contributed by atoms with Gasteiger partial charge in [-0.3, -0.25) is 9.69 Å². The summed E-state index contributed by atoms with van der Waals surface area (Å²) < 4.78 is 11.1. The highest BCUT2D eigenvalue weighted by atomic mass is 32.2. The minimum atomic E-state index is -0.399. The van der Waals surface area contributed by atoms with Gasteiger partial charge in [-0.1, -0.05) is 42.1 Å². The van der Waals surface area contributed by atoms with Crippen LogP contribution in [0, 0.1) is 0 Å². The fraction of sp³-hybridized carbons (Fsp3) is 0.400. The summed E-state index contributed by atoms with van der Waals surface area (Å²) in [4.78, 5) is 28.0. The largest absolute Gasteiger partial charge is 0.425 e. The molecule has 4 rings (SSSR count). The predicted octanol–water partition coefficient (Wildman–Crippen LogP) is 2.75. The highest BCUT2D eigenvalue weighted by Gasteiger charge is 2.25. The molecule has 7 heteroatoms. The van der Waals surface area contributed by atoms with Gasteiger partial charge in [0.15, 0.2) is 0 Å². The maximum atomic E-state index is 12.4. The third kappa shape index (κ3) is 4.26. The van der Waals surface area contributed by atoms with Gasteiger partial charge in [0.25, 0.3) is 5.24 Å². The molecule has 0 aromatic heterocycles. The van der Waals surface area contributed by atoms with Gasteiger partial charge in [-0.05, 0) is 16.8 Å². The predicted molar refractivity (Wildman–Crippen MR) is 105 cm³/mol. The Hall–Kier alpha value is -2.09. The number of fused-ring (bicyclic) bond motifs is 1. The number of carbonyl (C=O) groups is 2. The van der Waals surface area contributed by atoms with Crippen molar-refractivity contribution < 1.29 is 19.1 Å². The van der Waals surface area contributed by atoms with Crippen LogP contribution < -0.4 is 4.74 Å². The molecule has 2 aromatic carbocycles. The van der Waals surface area contributed by atoms with Crippen molar-refractivity contribution in [2.45, 2.75) is 6.54 Å². The Labute approximate surface area is 162 Å². The standard InChI is InChI=1S/C20H22N2O4S/c23-19(14-22-9-12-27-20(22)24)26-18-6-5-15-3-1-2-4-16(15)17(18)13-21-7-10-25-11-8-21/h1-6H,7-14H2. The van der Waals surface area contributed by atoms with Gasteiger partial charge >= 0.3 is 5.97 Å². The van der Waals surface area contributed by atoms with Crippen LogP contribution in [0.2, 0.25) is 0 Å². The van der Waals surface area contributed by atoms with Crippen LogP contribution in [-0.2, 0) is 16.1 Å². The molecule has 0 unspecified atom stereocenters. The molecular weight excluding hydrogens is 364 g/mol. The summed E-state index contributed by atoms with van der Waals surface area (Å²) in [5.41, 5.74) is 1.01. The van der Waals surface area contributed by atoms with Gasteiger partial charge in [0.05, 0.1) is 13.2 Å². The summed E-state index contributed by atoms with van der Waals surface area (Å²) in [6, 6.07) is 11.9. The second-order valence-corrected chi connectivity index (χ2v) is 7.71. The number of ether oxygens (including phenoxy) is 2. The van der Waals surface area contributed by atoms with Crippen LogP contribution in [0.3, 0.4) is 0 Å². The minimum Gasteiger partial charge on any atom is -0.425 e. The number of hydrogen-bond acceptors (Lipinski definition) is 6. The number of morpholine rings is 1. The molecule has 142 valence electrons. The fourth-order valence-electron chi connectivity index (χ4n) is 3.44. The van der Waals surface area contributed by atoms with Gasteiger partial charge in [-0.15, -0.1) is 0 Å². The highest BCUT2D eigenvalue weighted by Crippen LogP contribution is 2.30. The number of hydrogen-bond donors (Lipinski definition) is 0. The topological polar surface area (TPSA) is 59.1 Å². The zero-order valence-corrected chi connectivity index (χ0v) is 15.9. The smallest absolute Gasteiger partial charge is 0.331 e. The molecule has 2 aliphatic heterocycles. The van der Waals surface area contributed by atoms with E-state index < -0.39 is 5.97 Å². The molecular formula is C20H22N2O4S. The van der Waals surface area contributed by atoms with E-state index in [1.165, 1.54) is 16.7 Å². The first-order valence-corrected chi connectivity index (χ1v) is 10.1. The van der Waals surface area contributed by atoms with Gasteiger partial charge in [0, 0.05) is 37.5 Å². The Morgan fingerprint density at radius 1 is 1.11 bits per heavy atom. The fourth-order valence-corrected chi connectivity index (χ4v) is 4.26. The lowest BCUT2D eigenvalue weighted by Crippen LogP contribution is -2.36. The molecule has 0 bridgehead atoms. The lowest BCUT2D eigenvalue weighted by molar-refractivity contribution is -0.134. The van der Waals surface area contributed by atoms with E-state index in [9.17, 15) is 9.59 Å². The Bertz CT molecular complexity index is 851. The second kappa shape index (κ2) is 8.29. The summed E-state index contributed by atoms with van der Waals surface area (Å²) in [7, 11) is 0. The zero-order valence-electron chi connectivity index (χ0n) is 15.1. The summed E-state index contributed by atoms with van der Waals surface area (Å²) in [6.07, 6.45) is 0. The maximum absolute atomic E-state index is 12.4. The van der Waals surface area contributed by atoms with Crippen LogP contribution in [0.15, 0.2) is 36.4 Å². The molecule has 2 heterocycles. The molecule has 0 atom stereocenters.